The molecule has 3 N–H and O–H groups in total. The first-order chi connectivity index (χ1) is 11.3. The van der Waals surface area contributed by atoms with Crippen LogP contribution in [-0.4, -0.2) is 30.4 Å². The van der Waals surface area contributed by atoms with Crippen LogP contribution in [0.15, 0.2) is 18.2 Å². The largest absolute Gasteiger partial charge is 0.494 e. The SMILES string of the molecule is CCOc1ccc(NC(=O)NC[C@H]2CCC[C@@H]2O)c(C(F)(F)F)c1. The van der Waals surface area contributed by atoms with Crippen LogP contribution in [0.1, 0.15) is 31.7 Å². The standard InChI is InChI=1S/C16H21F3N2O3/c1-2-24-11-6-7-13(12(8-11)16(17,18)19)21-15(23)20-9-10-4-3-5-14(10)22/h6-8,10,14,22H,2-5,9H2,1H3,(H2,20,21,23)/t10-,14+/m1/s1. The van der Waals surface area contributed by atoms with E-state index < -0.39 is 23.9 Å². The number of hydrogen-bond donors (Lipinski definition) is 3. The number of aliphatic hydroxyl groups excluding tert-OH is 1. The molecule has 2 amide bonds. The average molecular weight is 346 g/mol. The molecule has 2 rings (SSSR count). The lowest BCUT2D eigenvalue weighted by Crippen LogP contribution is -2.35. The number of ether oxygens (including phenoxy) is 1. The minimum absolute atomic E-state index is 0.0573. The average Bonchev–Trinajstić information content (AvgIpc) is 2.91. The van der Waals surface area contributed by atoms with Crippen molar-refractivity contribution in [3.63, 3.8) is 0 Å². The van der Waals surface area contributed by atoms with Gasteiger partial charge in [-0.1, -0.05) is 6.42 Å². The maximum Gasteiger partial charge on any atom is 0.418 e. The van der Waals surface area contributed by atoms with Crippen LogP contribution in [0.2, 0.25) is 0 Å². The first-order valence-corrected chi connectivity index (χ1v) is 7.88. The molecule has 2 atom stereocenters. The summed E-state index contributed by atoms with van der Waals surface area (Å²) >= 11 is 0. The summed E-state index contributed by atoms with van der Waals surface area (Å²) in [5, 5.41) is 14.4. The predicted molar refractivity (Wildman–Crippen MR) is 83.0 cm³/mol. The van der Waals surface area contributed by atoms with E-state index in [4.69, 9.17) is 4.74 Å². The van der Waals surface area contributed by atoms with Crippen LogP contribution in [-0.2, 0) is 6.18 Å². The normalized spacial score (nSPS) is 20.7. The summed E-state index contributed by atoms with van der Waals surface area (Å²) in [6.07, 6.45) is -2.73. The van der Waals surface area contributed by atoms with Gasteiger partial charge in [-0.15, -0.1) is 0 Å². The smallest absolute Gasteiger partial charge is 0.418 e. The maximum atomic E-state index is 13.1. The zero-order valence-corrected chi connectivity index (χ0v) is 13.3. The lowest BCUT2D eigenvalue weighted by atomic mass is 10.1. The van der Waals surface area contributed by atoms with Crippen molar-refractivity contribution in [1.29, 1.82) is 0 Å². The second-order valence-electron chi connectivity index (χ2n) is 5.73. The summed E-state index contributed by atoms with van der Waals surface area (Å²) in [6.45, 7) is 2.14. The number of carbonyl (C=O) groups excluding carboxylic acids is 1. The van der Waals surface area contributed by atoms with E-state index in [1.807, 2.05) is 0 Å². The Morgan fingerprint density at radius 2 is 2.12 bits per heavy atom. The predicted octanol–water partition coefficient (Wildman–Crippen LogP) is 3.39. The number of nitrogens with one attached hydrogen (secondary N) is 2. The van der Waals surface area contributed by atoms with Crippen molar-refractivity contribution in [2.45, 2.75) is 38.5 Å². The molecule has 0 aliphatic heterocycles. The molecule has 1 fully saturated rings. The number of halogens is 3. The van der Waals surface area contributed by atoms with E-state index in [0.29, 0.717) is 6.42 Å². The fourth-order valence-electron chi connectivity index (χ4n) is 2.77. The molecule has 0 spiro atoms. The van der Waals surface area contributed by atoms with Crippen LogP contribution in [0.4, 0.5) is 23.7 Å². The summed E-state index contributed by atoms with van der Waals surface area (Å²) < 4.78 is 44.5. The van der Waals surface area contributed by atoms with Crippen LogP contribution in [0.3, 0.4) is 0 Å². The van der Waals surface area contributed by atoms with E-state index in [-0.39, 0.29) is 30.5 Å². The molecule has 1 aromatic carbocycles. The van der Waals surface area contributed by atoms with Crippen molar-refractivity contribution in [1.82, 2.24) is 5.32 Å². The third kappa shape index (κ3) is 4.77. The van der Waals surface area contributed by atoms with Crippen LogP contribution in [0.5, 0.6) is 5.75 Å². The van der Waals surface area contributed by atoms with Gasteiger partial charge in [0.15, 0.2) is 0 Å². The maximum absolute atomic E-state index is 13.1. The molecule has 24 heavy (non-hydrogen) atoms. The van der Waals surface area contributed by atoms with Gasteiger partial charge in [0.05, 0.1) is 24.0 Å². The molecule has 0 heterocycles. The Hall–Kier alpha value is -1.96. The Morgan fingerprint density at radius 1 is 1.38 bits per heavy atom. The van der Waals surface area contributed by atoms with Gasteiger partial charge < -0.3 is 20.5 Å². The van der Waals surface area contributed by atoms with Gasteiger partial charge in [0.2, 0.25) is 0 Å². The Balaban J connectivity index is 2.03. The summed E-state index contributed by atoms with van der Waals surface area (Å²) in [6, 6.07) is 2.66. The number of alkyl halides is 3. The van der Waals surface area contributed by atoms with E-state index in [0.717, 1.165) is 25.0 Å². The molecule has 1 saturated carbocycles. The molecule has 8 heteroatoms. The minimum atomic E-state index is -4.61. The van der Waals surface area contributed by atoms with Gasteiger partial charge in [-0.25, -0.2) is 4.79 Å². The number of hydrogen-bond acceptors (Lipinski definition) is 3. The van der Waals surface area contributed by atoms with Crippen molar-refractivity contribution in [2.75, 3.05) is 18.5 Å². The zero-order valence-electron chi connectivity index (χ0n) is 13.3. The molecule has 0 aromatic heterocycles. The van der Waals surface area contributed by atoms with E-state index in [1.165, 1.54) is 6.07 Å². The van der Waals surface area contributed by atoms with E-state index in [1.54, 1.807) is 6.92 Å². The fourth-order valence-corrected chi connectivity index (χ4v) is 2.77. The van der Waals surface area contributed by atoms with Gasteiger partial charge in [-0.05, 0) is 38.0 Å². The topological polar surface area (TPSA) is 70.6 Å². The molecule has 1 aromatic rings. The van der Waals surface area contributed by atoms with Gasteiger partial charge in [0, 0.05) is 12.5 Å². The molecule has 1 aliphatic rings. The Labute approximate surface area is 138 Å². The first kappa shape index (κ1) is 18.4. The highest BCUT2D eigenvalue weighted by molar-refractivity contribution is 5.90. The molecule has 0 saturated heterocycles. The van der Waals surface area contributed by atoms with Crippen LogP contribution < -0.4 is 15.4 Å². The lowest BCUT2D eigenvalue weighted by Gasteiger charge is -2.18. The molecular weight excluding hydrogens is 325 g/mol. The second kappa shape index (κ2) is 7.74. The molecule has 0 bridgehead atoms. The number of amides is 2. The Bertz CT molecular complexity index is 578. The van der Waals surface area contributed by atoms with Crippen molar-refractivity contribution >= 4 is 11.7 Å². The second-order valence-corrected chi connectivity index (χ2v) is 5.73. The fraction of sp³-hybridized carbons (Fsp3) is 0.562. The highest BCUT2D eigenvalue weighted by Crippen LogP contribution is 2.37. The van der Waals surface area contributed by atoms with E-state index in [2.05, 4.69) is 10.6 Å². The van der Waals surface area contributed by atoms with Crippen LogP contribution in [0, 0.1) is 5.92 Å². The van der Waals surface area contributed by atoms with Crippen molar-refractivity contribution < 1.29 is 27.8 Å². The molecule has 0 unspecified atom stereocenters. The van der Waals surface area contributed by atoms with E-state index in [9.17, 15) is 23.1 Å². The van der Waals surface area contributed by atoms with Gasteiger partial charge in [-0.2, -0.15) is 13.2 Å². The van der Waals surface area contributed by atoms with Gasteiger partial charge in [0.1, 0.15) is 5.75 Å². The molecule has 5 nitrogen and oxygen atoms in total. The zero-order chi connectivity index (χ0) is 17.7. The number of carbonyl (C=O) groups is 1. The number of urea groups is 1. The van der Waals surface area contributed by atoms with Gasteiger partial charge in [-0.3, -0.25) is 0 Å². The van der Waals surface area contributed by atoms with Crippen LogP contribution >= 0.6 is 0 Å². The minimum Gasteiger partial charge on any atom is -0.494 e. The number of benzene rings is 1. The number of aliphatic hydroxyl groups is 1. The summed E-state index contributed by atoms with van der Waals surface area (Å²) in [5.41, 5.74) is -1.31. The highest BCUT2D eigenvalue weighted by Gasteiger charge is 2.34. The molecule has 1 aliphatic carbocycles. The quantitative estimate of drug-likeness (QED) is 0.765. The van der Waals surface area contributed by atoms with Crippen molar-refractivity contribution in [2.24, 2.45) is 5.92 Å². The lowest BCUT2D eigenvalue weighted by molar-refractivity contribution is -0.137. The number of anilines is 1. The molecular formula is C16H21F3N2O3. The van der Waals surface area contributed by atoms with Gasteiger partial charge in [0.25, 0.3) is 0 Å². The van der Waals surface area contributed by atoms with Crippen molar-refractivity contribution in [3.8, 4) is 5.75 Å². The monoisotopic (exact) mass is 346 g/mol. The molecule has 0 radical (unpaired) electrons. The summed E-state index contributed by atoms with van der Waals surface area (Å²) in [5.74, 6) is 0.0306. The Kier molecular flexibility index (Phi) is 5.93. The first-order valence-electron chi connectivity index (χ1n) is 7.88. The Morgan fingerprint density at radius 3 is 2.71 bits per heavy atom. The third-order valence-corrected chi connectivity index (χ3v) is 4.00. The molecule has 134 valence electrons. The van der Waals surface area contributed by atoms with E-state index >= 15 is 0 Å². The summed E-state index contributed by atoms with van der Waals surface area (Å²) in [4.78, 5) is 11.9. The van der Waals surface area contributed by atoms with Crippen LogP contribution in [0.25, 0.3) is 0 Å². The highest BCUT2D eigenvalue weighted by atomic mass is 19.4. The summed E-state index contributed by atoms with van der Waals surface area (Å²) in [7, 11) is 0. The van der Waals surface area contributed by atoms with Gasteiger partial charge >= 0.3 is 12.2 Å². The number of rotatable bonds is 5. The third-order valence-electron chi connectivity index (χ3n) is 4.00. The van der Waals surface area contributed by atoms with Crippen molar-refractivity contribution in [3.05, 3.63) is 23.8 Å².